The Morgan fingerprint density at radius 3 is 1.98 bits per heavy atom. The van der Waals surface area contributed by atoms with Crippen LogP contribution in [0.3, 0.4) is 0 Å². The monoisotopic (exact) mass is 835 g/mol. The van der Waals surface area contributed by atoms with Crippen LogP contribution in [-0.4, -0.2) is 71.1 Å². The lowest BCUT2D eigenvalue weighted by Crippen LogP contribution is -2.35. The van der Waals surface area contributed by atoms with Crippen LogP contribution < -0.4 is 4.72 Å². The van der Waals surface area contributed by atoms with Crippen molar-refractivity contribution in [1.82, 2.24) is 44.5 Å². The van der Waals surface area contributed by atoms with Gasteiger partial charge in [-0.05, 0) is 45.2 Å². The van der Waals surface area contributed by atoms with Crippen LogP contribution in [0.2, 0.25) is 0 Å². The zero-order valence-corrected chi connectivity index (χ0v) is 38.3. The Labute approximate surface area is 354 Å². The fourth-order valence-corrected chi connectivity index (χ4v) is 8.47. The number of fused-ring (bicyclic) bond motifs is 2. The third-order valence-electron chi connectivity index (χ3n) is 10.9. The molecule has 328 valence electrons. The maximum absolute atomic E-state index is 12.8. The Bertz CT molecular complexity index is 2090. The normalized spacial score (nSPS) is 12.5. The zero-order valence-electron chi connectivity index (χ0n) is 37.4. The number of benzene rings is 1. The van der Waals surface area contributed by atoms with Crippen LogP contribution in [0.5, 0.6) is 0 Å². The number of aromatic nitrogens is 8. The number of aryl methyl sites for hydroxylation is 1. The summed E-state index contributed by atoms with van der Waals surface area (Å²) < 4.78 is 31.7. The Balaban J connectivity index is 0.000000273. The van der Waals surface area contributed by atoms with Crippen molar-refractivity contribution < 1.29 is 13.2 Å². The number of aromatic amines is 2. The summed E-state index contributed by atoms with van der Waals surface area (Å²) in [6.07, 6.45) is 20.3. The van der Waals surface area contributed by atoms with Crippen LogP contribution in [0.15, 0.2) is 36.4 Å². The van der Waals surface area contributed by atoms with E-state index in [0.717, 1.165) is 79.1 Å². The number of carbonyl (C=O) groups excluding carboxylic acids is 1. The van der Waals surface area contributed by atoms with Crippen molar-refractivity contribution in [2.75, 3.05) is 17.0 Å². The van der Waals surface area contributed by atoms with Crippen LogP contribution in [-0.2, 0) is 20.2 Å². The minimum atomic E-state index is -3.39. The number of nitrogens with one attached hydrogen (secondary N) is 3. The van der Waals surface area contributed by atoms with E-state index in [1.54, 1.807) is 6.07 Å². The molecule has 0 fully saturated rings. The molecule has 1 amide bonds. The first-order valence-corrected chi connectivity index (χ1v) is 24.2. The molecule has 0 bridgehead atoms. The molecule has 5 aromatic rings. The van der Waals surface area contributed by atoms with Gasteiger partial charge in [-0.3, -0.25) is 19.7 Å². The number of unbranched alkanes of at least 4 members (excludes halogenated alkanes) is 14. The summed E-state index contributed by atoms with van der Waals surface area (Å²) in [5, 5.41) is 23.7. The molecular weight excluding hydrogens is 761 g/mol. The van der Waals surface area contributed by atoms with E-state index < -0.39 is 10.0 Å². The standard InChI is InChI=1S/C26H41N5O2S.C19H33N5O/c1-5-6-7-8-9-10-11-12-13-14-18-34(32,33)30-22-17-15-16-21(19-22)25-28-27-24-20-23(26(2,3)4)29-31(24)25;1-5-7-9-10-11-12-18(25)23(13-8-6-2)16(4)19-21-20-17-14-15(3)22-24(17)19/h15-17,19-20,29-30H,5-14,18H2,1-4H3;14,16,22H,5-13H2,1-4H3. The van der Waals surface area contributed by atoms with Crippen molar-refractivity contribution >= 4 is 32.9 Å². The van der Waals surface area contributed by atoms with Gasteiger partial charge in [-0.15, -0.1) is 20.4 Å². The van der Waals surface area contributed by atoms with Crippen LogP contribution in [0.25, 0.3) is 22.7 Å². The predicted molar refractivity (Wildman–Crippen MR) is 241 cm³/mol. The molecular formula is C45H74N10O3S. The van der Waals surface area contributed by atoms with E-state index in [1.165, 1.54) is 64.2 Å². The smallest absolute Gasteiger partial charge is 0.232 e. The van der Waals surface area contributed by atoms with Crippen molar-refractivity contribution in [3.8, 4) is 11.4 Å². The van der Waals surface area contributed by atoms with Gasteiger partial charge in [-0.2, -0.15) is 0 Å². The van der Waals surface area contributed by atoms with Gasteiger partial charge >= 0.3 is 0 Å². The van der Waals surface area contributed by atoms with Crippen LogP contribution >= 0.6 is 0 Å². The van der Waals surface area contributed by atoms with Gasteiger partial charge in [0.05, 0.1) is 11.8 Å². The molecule has 13 nitrogen and oxygen atoms in total. The SMILES string of the molecule is CCCCCCCC(=O)N(CCCC)C(C)c1nnc2cc(C)[nH]n12.CCCCCCCCCCCCS(=O)(=O)Nc1cccc(-c2nnc3cc(C(C)(C)C)[nH]n23)c1. The largest absolute Gasteiger partial charge is 0.333 e. The number of sulfonamides is 1. The topological polar surface area (TPSA) is 158 Å². The Kier molecular flexibility index (Phi) is 19.0. The van der Waals surface area contributed by atoms with Crippen molar-refractivity contribution in [2.24, 2.45) is 0 Å². The number of hydrogen-bond donors (Lipinski definition) is 3. The molecule has 59 heavy (non-hydrogen) atoms. The van der Waals surface area contributed by atoms with E-state index in [4.69, 9.17) is 0 Å². The van der Waals surface area contributed by atoms with Gasteiger partial charge in [-0.25, -0.2) is 17.4 Å². The molecule has 5 rings (SSSR count). The van der Waals surface area contributed by atoms with Crippen molar-refractivity contribution in [2.45, 2.75) is 182 Å². The van der Waals surface area contributed by atoms with E-state index >= 15 is 0 Å². The maximum atomic E-state index is 12.8. The van der Waals surface area contributed by atoms with Crippen molar-refractivity contribution in [3.63, 3.8) is 0 Å². The molecule has 1 unspecified atom stereocenters. The quantitative estimate of drug-likeness (QED) is 0.0494. The van der Waals surface area contributed by atoms with E-state index in [2.05, 4.69) is 83.8 Å². The van der Waals surface area contributed by atoms with E-state index in [-0.39, 0.29) is 23.1 Å². The number of rotatable bonds is 25. The highest BCUT2D eigenvalue weighted by Crippen LogP contribution is 2.27. The van der Waals surface area contributed by atoms with Gasteiger partial charge in [0.25, 0.3) is 0 Å². The highest BCUT2D eigenvalue weighted by Gasteiger charge is 2.25. The lowest BCUT2D eigenvalue weighted by molar-refractivity contribution is -0.133. The molecule has 4 heterocycles. The minimum Gasteiger partial charge on any atom is -0.333 e. The summed E-state index contributed by atoms with van der Waals surface area (Å²) in [6.45, 7) is 17.8. The summed E-state index contributed by atoms with van der Waals surface area (Å²) in [5.74, 6) is 1.84. The van der Waals surface area contributed by atoms with Gasteiger partial charge in [0.15, 0.2) is 22.9 Å². The molecule has 0 radical (unpaired) electrons. The number of nitrogens with zero attached hydrogens (tertiary/aromatic N) is 7. The van der Waals surface area contributed by atoms with Gasteiger partial charge < -0.3 is 4.90 Å². The molecule has 14 heteroatoms. The first-order valence-electron chi connectivity index (χ1n) is 22.5. The molecule has 0 aliphatic heterocycles. The molecule has 0 aliphatic carbocycles. The highest BCUT2D eigenvalue weighted by atomic mass is 32.2. The number of H-pyrrole nitrogens is 2. The van der Waals surface area contributed by atoms with Crippen LogP contribution in [0.1, 0.15) is 187 Å². The van der Waals surface area contributed by atoms with Crippen LogP contribution in [0, 0.1) is 6.92 Å². The Morgan fingerprint density at radius 1 is 0.746 bits per heavy atom. The van der Waals surface area contributed by atoms with E-state index in [0.29, 0.717) is 24.4 Å². The molecule has 4 aromatic heterocycles. The molecule has 1 aromatic carbocycles. The number of carbonyl (C=O) groups is 1. The fourth-order valence-electron chi connectivity index (χ4n) is 7.30. The zero-order chi connectivity index (χ0) is 42.8. The summed E-state index contributed by atoms with van der Waals surface area (Å²) in [5.41, 5.74) is 4.96. The third-order valence-corrected chi connectivity index (χ3v) is 12.3. The molecule has 0 aliphatic rings. The third kappa shape index (κ3) is 14.8. The number of anilines is 1. The second kappa shape index (κ2) is 23.6. The average Bonchev–Trinajstić information content (AvgIpc) is 3.97. The first-order chi connectivity index (χ1) is 28.3. The minimum absolute atomic E-state index is 0.0376. The lowest BCUT2D eigenvalue weighted by atomic mass is 9.93. The summed E-state index contributed by atoms with van der Waals surface area (Å²) in [6, 6.07) is 11.2. The number of amides is 1. The van der Waals surface area contributed by atoms with E-state index in [1.807, 2.05) is 51.2 Å². The van der Waals surface area contributed by atoms with Crippen LogP contribution in [0.4, 0.5) is 5.69 Å². The first kappa shape index (κ1) is 47.5. The number of hydrogen-bond acceptors (Lipinski definition) is 7. The second-order valence-corrected chi connectivity index (χ2v) is 19.1. The Morgan fingerprint density at radius 2 is 1.34 bits per heavy atom. The van der Waals surface area contributed by atoms with Crippen molar-refractivity contribution in [1.29, 1.82) is 0 Å². The maximum Gasteiger partial charge on any atom is 0.232 e. The summed E-state index contributed by atoms with van der Waals surface area (Å²) in [4.78, 5) is 14.8. The molecule has 3 N–H and O–H groups in total. The molecule has 0 saturated carbocycles. The summed E-state index contributed by atoms with van der Waals surface area (Å²) >= 11 is 0. The van der Waals surface area contributed by atoms with Gasteiger partial charge in [-0.1, -0.05) is 144 Å². The average molecular weight is 835 g/mol. The molecule has 0 saturated heterocycles. The molecule has 0 spiro atoms. The second-order valence-electron chi connectivity index (χ2n) is 17.3. The van der Waals surface area contributed by atoms with Gasteiger partial charge in [0, 0.05) is 53.2 Å². The van der Waals surface area contributed by atoms with Crippen molar-refractivity contribution in [3.05, 3.63) is 53.6 Å². The fraction of sp³-hybridized carbons (Fsp3) is 0.667. The molecule has 1 atom stereocenters. The highest BCUT2D eigenvalue weighted by molar-refractivity contribution is 7.92. The Hall–Kier alpha value is -4.20. The summed E-state index contributed by atoms with van der Waals surface area (Å²) in [7, 11) is -3.39. The van der Waals surface area contributed by atoms with Gasteiger partial charge in [0.1, 0.15) is 0 Å². The predicted octanol–water partition coefficient (Wildman–Crippen LogP) is 11.1. The van der Waals surface area contributed by atoms with E-state index in [9.17, 15) is 13.2 Å². The van der Waals surface area contributed by atoms with Gasteiger partial charge in [0.2, 0.25) is 15.9 Å². The lowest BCUT2D eigenvalue weighted by Gasteiger charge is -2.28.